The SMILES string of the molecule is COC(=O)c1ccc(/C=C2/SC(=Nc3ccccc3C)NC2=O)cc1. The molecule has 1 aliphatic rings. The van der Waals surface area contributed by atoms with E-state index in [1.807, 2.05) is 31.2 Å². The Kier molecular flexibility index (Phi) is 5.00. The van der Waals surface area contributed by atoms with Gasteiger partial charge in [0, 0.05) is 0 Å². The van der Waals surface area contributed by atoms with Crippen molar-refractivity contribution in [1.29, 1.82) is 0 Å². The van der Waals surface area contributed by atoms with Crippen molar-refractivity contribution >= 4 is 40.6 Å². The molecule has 0 bridgehead atoms. The second kappa shape index (κ2) is 7.36. The molecule has 1 heterocycles. The minimum atomic E-state index is -0.389. The second-order valence-corrected chi connectivity index (χ2v) is 6.41. The fourth-order valence-corrected chi connectivity index (χ4v) is 3.10. The zero-order valence-corrected chi connectivity index (χ0v) is 14.6. The number of benzene rings is 2. The zero-order chi connectivity index (χ0) is 17.8. The van der Waals surface area contributed by atoms with Gasteiger partial charge < -0.3 is 10.1 Å². The highest BCUT2D eigenvalue weighted by Crippen LogP contribution is 2.29. The summed E-state index contributed by atoms with van der Waals surface area (Å²) in [6.07, 6.45) is 1.77. The van der Waals surface area contributed by atoms with Crippen LogP contribution in [0.2, 0.25) is 0 Å². The predicted molar refractivity (Wildman–Crippen MR) is 99.8 cm³/mol. The van der Waals surface area contributed by atoms with Crippen LogP contribution in [0.25, 0.3) is 6.08 Å². The number of hydrogen-bond donors (Lipinski definition) is 1. The molecule has 0 saturated carbocycles. The summed E-state index contributed by atoms with van der Waals surface area (Å²) in [4.78, 5) is 28.6. The Hall–Kier alpha value is -2.86. The molecular formula is C19H16N2O3S. The van der Waals surface area contributed by atoms with Crippen molar-refractivity contribution in [2.45, 2.75) is 6.92 Å². The van der Waals surface area contributed by atoms with Crippen molar-refractivity contribution in [2.24, 2.45) is 4.99 Å². The number of nitrogens with one attached hydrogen (secondary N) is 1. The molecule has 1 amide bonds. The van der Waals surface area contributed by atoms with Gasteiger partial charge in [-0.05, 0) is 54.1 Å². The van der Waals surface area contributed by atoms with Crippen LogP contribution in [0.1, 0.15) is 21.5 Å². The number of methoxy groups -OCH3 is 1. The number of carbonyl (C=O) groups is 2. The van der Waals surface area contributed by atoms with Gasteiger partial charge in [-0.2, -0.15) is 0 Å². The lowest BCUT2D eigenvalue weighted by Crippen LogP contribution is -2.19. The van der Waals surface area contributed by atoms with Gasteiger partial charge in [0.05, 0.1) is 23.3 Å². The van der Waals surface area contributed by atoms with E-state index in [0.717, 1.165) is 16.8 Å². The highest BCUT2D eigenvalue weighted by molar-refractivity contribution is 8.18. The first-order valence-corrected chi connectivity index (χ1v) is 8.42. The third-order valence-corrected chi connectivity index (χ3v) is 4.53. The van der Waals surface area contributed by atoms with Crippen molar-refractivity contribution in [2.75, 3.05) is 7.11 Å². The first-order valence-electron chi connectivity index (χ1n) is 7.60. The Morgan fingerprint density at radius 3 is 2.56 bits per heavy atom. The van der Waals surface area contributed by atoms with Gasteiger partial charge in [-0.25, -0.2) is 9.79 Å². The Balaban J connectivity index is 1.80. The molecule has 0 radical (unpaired) electrons. The van der Waals surface area contributed by atoms with Crippen LogP contribution in [0, 0.1) is 6.92 Å². The summed E-state index contributed by atoms with van der Waals surface area (Å²) in [6.45, 7) is 1.97. The summed E-state index contributed by atoms with van der Waals surface area (Å²) in [5, 5.41) is 3.32. The summed E-state index contributed by atoms with van der Waals surface area (Å²) >= 11 is 1.29. The van der Waals surface area contributed by atoms with Crippen molar-refractivity contribution in [3.05, 3.63) is 70.1 Å². The van der Waals surface area contributed by atoms with E-state index in [1.165, 1.54) is 18.9 Å². The predicted octanol–water partition coefficient (Wildman–Crippen LogP) is 3.67. The number of aryl methyl sites for hydroxylation is 1. The maximum Gasteiger partial charge on any atom is 0.337 e. The molecular weight excluding hydrogens is 336 g/mol. The third-order valence-electron chi connectivity index (χ3n) is 3.62. The van der Waals surface area contributed by atoms with Crippen LogP contribution in [0.5, 0.6) is 0 Å². The molecule has 5 nitrogen and oxygen atoms in total. The lowest BCUT2D eigenvalue weighted by atomic mass is 10.1. The van der Waals surface area contributed by atoms with Crippen LogP contribution in [-0.2, 0) is 9.53 Å². The molecule has 0 aliphatic carbocycles. The minimum absolute atomic E-state index is 0.186. The summed E-state index contributed by atoms with van der Waals surface area (Å²) in [7, 11) is 1.34. The molecule has 2 aromatic carbocycles. The minimum Gasteiger partial charge on any atom is -0.465 e. The zero-order valence-electron chi connectivity index (χ0n) is 13.8. The fraction of sp³-hybridized carbons (Fsp3) is 0.105. The van der Waals surface area contributed by atoms with E-state index in [2.05, 4.69) is 15.0 Å². The number of rotatable bonds is 3. The lowest BCUT2D eigenvalue weighted by molar-refractivity contribution is -0.115. The number of esters is 1. The highest BCUT2D eigenvalue weighted by atomic mass is 32.2. The molecule has 1 fully saturated rings. The number of para-hydroxylation sites is 1. The van der Waals surface area contributed by atoms with Crippen LogP contribution >= 0.6 is 11.8 Å². The van der Waals surface area contributed by atoms with Gasteiger partial charge >= 0.3 is 5.97 Å². The largest absolute Gasteiger partial charge is 0.465 e. The number of nitrogens with zero attached hydrogens (tertiary/aromatic N) is 1. The maximum absolute atomic E-state index is 12.1. The fourth-order valence-electron chi connectivity index (χ4n) is 2.26. The van der Waals surface area contributed by atoms with E-state index in [0.29, 0.717) is 15.6 Å². The average Bonchev–Trinajstić information content (AvgIpc) is 2.96. The number of thioether (sulfide) groups is 1. The molecule has 0 atom stereocenters. The van der Waals surface area contributed by atoms with E-state index in [9.17, 15) is 9.59 Å². The van der Waals surface area contributed by atoms with Crippen molar-refractivity contribution in [3.63, 3.8) is 0 Å². The summed E-state index contributed by atoms with van der Waals surface area (Å²) in [6, 6.07) is 14.6. The quantitative estimate of drug-likeness (QED) is 0.676. The van der Waals surface area contributed by atoms with Crippen LogP contribution in [0.3, 0.4) is 0 Å². The maximum atomic E-state index is 12.1. The van der Waals surface area contributed by atoms with E-state index in [-0.39, 0.29) is 11.9 Å². The molecule has 0 spiro atoms. The molecule has 2 aromatic rings. The number of hydrogen-bond acceptors (Lipinski definition) is 5. The Labute approximate surface area is 149 Å². The van der Waals surface area contributed by atoms with Crippen molar-refractivity contribution < 1.29 is 14.3 Å². The summed E-state index contributed by atoms with van der Waals surface area (Å²) < 4.78 is 4.67. The van der Waals surface area contributed by atoms with Gasteiger partial charge in [-0.15, -0.1) is 0 Å². The number of amidine groups is 1. The number of ether oxygens (including phenoxy) is 1. The summed E-state index contributed by atoms with van der Waals surface area (Å²) in [5.41, 5.74) is 3.16. The van der Waals surface area contributed by atoms with Crippen LogP contribution in [0.4, 0.5) is 5.69 Å². The molecule has 1 N–H and O–H groups in total. The van der Waals surface area contributed by atoms with Crippen LogP contribution in [0.15, 0.2) is 58.4 Å². The van der Waals surface area contributed by atoms with Gasteiger partial charge in [0.25, 0.3) is 5.91 Å². The van der Waals surface area contributed by atoms with Gasteiger partial charge in [0.1, 0.15) is 0 Å². The lowest BCUT2D eigenvalue weighted by Gasteiger charge is -2.00. The third kappa shape index (κ3) is 3.97. The van der Waals surface area contributed by atoms with Crippen molar-refractivity contribution in [3.8, 4) is 0 Å². The highest BCUT2D eigenvalue weighted by Gasteiger charge is 2.23. The Morgan fingerprint density at radius 1 is 1.16 bits per heavy atom. The average molecular weight is 352 g/mol. The first-order chi connectivity index (χ1) is 12.1. The molecule has 126 valence electrons. The van der Waals surface area contributed by atoms with Gasteiger partial charge in [-0.3, -0.25) is 4.79 Å². The van der Waals surface area contributed by atoms with Crippen LogP contribution < -0.4 is 5.32 Å². The molecule has 0 aromatic heterocycles. The molecule has 25 heavy (non-hydrogen) atoms. The van der Waals surface area contributed by atoms with Crippen LogP contribution in [-0.4, -0.2) is 24.2 Å². The number of carbonyl (C=O) groups excluding carboxylic acids is 2. The monoisotopic (exact) mass is 352 g/mol. The topological polar surface area (TPSA) is 67.8 Å². The standard InChI is InChI=1S/C19H16N2O3S/c1-12-5-3-4-6-15(12)20-19-21-17(22)16(25-19)11-13-7-9-14(10-8-13)18(23)24-2/h3-11H,1-2H3,(H,20,21,22)/b16-11+. The Morgan fingerprint density at radius 2 is 1.88 bits per heavy atom. The number of aliphatic imine (C=N–C) groups is 1. The second-order valence-electron chi connectivity index (χ2n) is 5.38. The van der Waals surface area contributed by atoms with E-state index in [1.54, 1.807) is 30.3 Å². The molecule has 1 aliphatic heterocycles. The normalized spacial score (nSPS) is 17.0. The molecule has 6 heteroatoms. The first kappa shape index (κ1) is 17.0. The smallest absolute Gasteiger partial charge is 0.337 e. The van der Waals surface area contributed by atoms with Gasteiger partial charge in [0.2, 0.25) is 0 Å². The van der Waals surface area contributed by atoms with Crippen molar-refractivity contribution in [1.82, 2.24) is 5.32 Å². The van der Waals surface area contributed by atoms with E-state index < -0.39 is 0 Å². The van der Waals surface area contributed by atoms with Gasteiger partial charge in [-0.1, -0.05) is 30.3 Å². The summed E-state index contributed by atoms with van der Waals surface area (Å²) in [5.74, 6) is -0.575. The Bertz CT molecular complexity index is 886. The molecule has 1 saturated heterocycles. The van der Waals surface area contributed by atoms with E-state index >= 15 is 0 Å². The molecule has 0 unspecified atom stereocenters. The van der Waals surface area contributed by atoms with E-state index in [4.69, 9.17) is 0 Å². The number of amides is 1. The van der Waals surface area contributed by atoms with Gasteiger partial charge in [0.15, 0.2) is 5.17 Å². The molecule has 3 rings (SSSR count).